The van der Waals surface area contributed by atoms with E-state index in [9.17, 15) is 14.9 Å². The number of piperazine rings is 1. The Morgan fingerprint density at radius 2 is 1.81 bits per heavy atom. The van der Waals surface area contributed by atoms with Crippen molar-refractivity contribution in [1.29, 1.82) is 5.26 Å². The van der Waals surface area contributed by atoms with E-state index in [2.05, 4.69) is 28.5 Å². The number of carbonyl (C=O) groups excluding carboxylic acids is 2. The van der Waals surface area contributed by atoms with Crippen molar-refractivity contribution >= 4 is 23.6 Å². The van der Waals surface area contributed by atoms with Gasteiger partial charge in [0.25, 0.3) is 5.91 Å². The van der Waals surface area contributed by atoms with Crippen LogP contribution in [0.3, 0.4) is 0 Å². The fraction of sp³-hybridized carbons (Fsp3) is 0.519. The van der Waals surface area contributed by atoms with Crippen molar-refractivity contribution in [3.05, 3.63) is 46.6 Å². The van der Waals surface area contributed by atoms with Gasteiger partial charge >= 0.3 is 0 Å². The Kier molecular flexibility index (Phi) is 7.16. The Bertz CT molecular complexity index is 1180. The van der Waals surface area contributed by atoms with Gasteiger partial charge in [0.05, 0.1) is 18.0 Å². The predicted molar refractivity (Wildman–Crippen MR) is 139 cm³/mol. The van der Waals surface area contributed by atoms with Crippen molar-refractivity contribution in [2.45, 2.75) is 59.0 Å². The van der Waals surface area contributed by atoms with Crippen LogP contribution in [-0.2, 0) is 23.2 Å². The maximum absolute atomic E-state index is 13.1. The van der Waals surface area contributed by atoms with Gasteiger partial charge in [0.15, 0.2) is 0 Å². The largest absolute Gasteiger partial charge is 0.369 e. The van der Waals surface area contributed by atoms with E-state index in [0.717, 1.165) is 23.1 Å². The molecule has 9 heteroatoms. The van der Waals surface area contributed by atoms with Gasteiger partial charge in [-0.05, 0) is 45.2 Å². The average Bonchev–Trinajstić information content (AvgIpc) is 3.21. The summed E-state index contributed by atoms with van der Waals surface area (Å²) in [5, 5.41) is 12.8. The van der Waals surface area contributed by atoms with Crippen molar-refractivity contribution < 1.29 is 9.59 Å². The van der Waals surface area contributed by atoms with Gasteiger partial charge in [-0.3, -0.25) is 9.59 Å². The lowest BCUT2D eigenvalue weighted by Gasteiger charge is -2.34. The molecule has 9 nitrogen and oxygen atoms in total. The molecule has 0 aliphatic carbocycles. The molecule has 36 heavy (non-hydrogen) atoms. The predicted octanol–water partition coefficient (Wildman–Crippen LogP) is 2.97. The molecule has 3 heterocycles. The van der Waals surface area contributed by atoms with Gasteiger partial charge in [-0.25, -0.2) is 4.98 Å². The highest BCUT2D eigenvalue weighted by Gasteiger charge is 2.35. The monoisotopic (exact) mass is 489 g/mol. The zero-order chi connectivity index (χ0) is 26.0. The van der Waals surface area contributed by atoms with Crippen LogP contribution in [0.15, 0.2) is 24.3 Å². The molecule has 0 radical (unpaired) electrons. The first kappa shape index (κ1) is 25.4. The van der Waals surface area contributed by atoms with Crippen LogP contribution in [0.25, 0.3) is 0 Å². The molecule has 1 saturated heterocycles. The molecule has 2 aromatic rings. The van der Waals surface area contributed by atoms with Crippen LogP contribution in [0.4, 0.5) is 11.8 Å². The first-order valence-electron chi connectivity index (χ1n) is 12.6. The molecule has 1 fully saturated rings. The molecule has 0 atom stereocenters. The van der Waals surface area contributed by atoms with Crippen LogP contribution in [0.5, 0.6) is 0 Å². The summed E-state index contributed by atoms with van der Waals surface area (Å²) >= 11 is 0. The quantitative estimate of drug-likeness (QED) is 0.637. The Labute approximate surface area is 213 Å². The number of amides is 2. The van der Waals surface area contributed by atoms with Gasteiger partial charge in [-0.15, -0.1) is 0 Å². The topological polar surface area (TPSA) is 105 Å². The number of nitrogens with zero attached hydrogens (tertiary/aromatic N) is 6. The lowest BCUT2D eigenvalue weighted by Crippen LogP contribution is -2.48. The normalized spacial score (nSPS) is 15.8. The minimum atomic E-state index is -0.514. The molecular weight excluding hydrogens is 454 g/mol. The molecule has 1 aromatic carbocycles. The number of anilines is 2. The maximum atomic E-state index is 13.1. The zero-order valence-electron chi connectivity index (χ0n) is 21.8. The number of hydrogen-bond acceptors (Lipinski definition) is 7. The second-order valence-corrected chi connectivity index (χ2v) is 10.3. The molecule has 0 saturated carbocycles. The van der Waals surface area contributed by atoms with E-state index < -0.39 is 5.41 Å². The maximum Gasteiger partial charge on any atom is 0.273 e. The highest BCUT2D eigenvalue weighted by molar-refractivity contribution is 5.98. The van der Waals surface area contributed by atoms with Gasteiger partial charge in [-0.2, -0.15) is 10.2 Å². The van der Waals surface area contributed by atoms with Crippen LogP contribution >= 0.6 is 0 Å². The second-order valence-electron chi connectivity index (χ2n) is 10.3. The summed E-state index contributed by atoms with van der Waals surface area (Å²) < 4.78 is 0. The highest BCUT2D eigenvalue weighted by atomic mass is 16.2. The fourth-order valence-electron chi connectivity index (χ4n) is 4.58. The number of fused-ring (bicyclic) bond motifs is 1. The molecule has 0 spiro atoms. The summed E-state index contributed by atoms with van der Waals surface area (Å²) in [5.41, 5.74) is 2.95. The van der Waals surface area contributed by atoms with E-state index in [4.69, 9.17) is 4.98 Å². The number of benzene rings is 1. The van der Waals surface area contributed by atoms with Crippen molar-refractivity contribution in [2.24, 2.45) is 0 Å². The molecule has 2 aliphatic rings. The van der Waals surface area contributed by atoms with Crippen molar-refractivity contribution in [3.63, 3.8) is 0 Å². The lowest BCUT2D eigenvalue weighted by atomic mass is 9.86. The Hall–Kier alpha value is -3.67. The standard InChI is InChI=1S/C27H35N7O2/c1-18(2)34-16-22-23(25(34)36)30-26(33-14-12-32(13-15-33)19(3)35)31-24(22)29-11-10-20-6-8-21(9-7-20)27(4,5)17-28/h6-9,18H,10-16H2,1-5H3,(H,29,30,31). The molecule has 0 unspecified atom stereocenters. The Morgan fingerprint density at radius 3 is 2.39 bits per heavy atom. The number of nitriles is 1. The number of nitrogens with one attached hydrogen (secondary N) is 1. The second kappa shape index (κ2) is 10.1. The van der Waals surface area contributed by atoms with Crippen molar-refractivity contribution in [3.8, 4) is 6.07 Å². The SMILES string of the molecule is CC(=O)N1CCN(c2nc(NCCc3ccc(C(C)(C)C#N)cc3)c3c(n2)C(=O)N(C(C)C)C3)CC1. The smallest absolute Gasteiger partial charge is 0.273 e. The van der Waals surface area contributed by atoms with Crippen molar-refractivity contribution in [1.82, 2.24) is 19.8 Å². The summed E-state index contributed by atoms with van der Waals surface area (Å²) in [4.78, 5) is 40.0. The molecule has 1 aromatic heterocycles. The molecule has 0 bridgehead atoms. The molecule has 190 valence electrons. The van der Waals surface area contributed by atoms with E-state index >= 15 is 0 Å². The highest BCUT2D eigenvalue weighted by Crippen LogP contribution is 2.31. The van der Waals surface area contributed by atoms with E-state index in [1.807, 2.05) is 54.5 Å². The van der Waals surface area contributed by atoms with Crippen LogP contribution in [0.2, 0.25) is 0 Å². The number of aromatic nitrogens is 2. The van der Waals surface area contributed by atoms with Gasteiger partial charge in [0.2, 0.25) is 11.9 Å². The fourth-order valence-corrected chi connectivity index (χ4v) is 4.58. The van der Waals surface area contributed by atoms with E-state index in [-0.39, 0.29) is 17.9 Å². The van der Waals surface area contributed by atoms with Crippen LogP contribution in [-0.4, -0.2) is 70.3 Å². The minimum Gasteiger partial charge on any atom is -0.369 e. The molecule has 2 aliphatic heterocycles. The molecule has 4 rings (SSSR count). The van der Waals surface area contributed by atoms with E-state index in [1.165, 1.54) is 0 Å². The van der Waals surface area contributed by atoms with Gasteiger partial charge in [0, 0.05) is 51.3 Å². The molecular formula is C27H35N7O2. The number of hydrogen-bond donors (Lipinski definition) is 1. The summed E-state index contributed by atoms with van der Waals surface area (Å²) in [7, 11) is 0. The Balaban J connectivity index is 1.52. The average molecular weight is 490 g/mol. The molecule has 1 N–H and O–H groups in total. The minimum absolute atomic E-state index is 0.0650. The van der Waals surface area contributed by atoms with E-state index in [1.54, 1.807) is 6.92 Å². The van der Waals surface area contributed by atoms with Crippen LogP contribution in [0.1, 0.15) is 61.8 Å². The summed E-state index contributed by atoms with van der Waals surface area (Å²) in [6.45, 7) is 13.1. The van der Waals surface area contributed by atoms with Crippen LogP contribution < -0.4 is 10.2 Å². The summed E-state index contributed by atoms with van der Waals surface area (Å²) in [6.07, 6.45) is 0.778. The number of carbonyl (C=O) groups is 2. The Morgan fingerprint density at radius 1 is 1.14 bits per heavy atom. The lowest BCUT2D eigenvalue weighted by molar-refractivity contribution is -0.129. The third-order valence-electron chi connectivity index (χ3n) is 7.08. The summed E-state index contributed by atoms with van der Waals surface area (Å²) in [6, 6.07) is 10.6. The van der Waals surface area contributed by atoms with Gasteiger partial charge < -0.3 is 20.0 Å². The van der Waals surface area contributed by atoms with Crippen LogP contribution in [0, 0.1) is 11.3 Å². The zero-order valence-corrected chi connectivity index (χ0v) is 21.8. The van der Waals surface area contributed by atoms with Gasteiger partial charge in [0.1, 0.15) is 11.5 Å². The summed E-state index contributed by atoms with van der Waals surface area (Å²) in [5.74, 6) is 1.23. The molecule has 2 amide bonds. The number of rotatable bonds is 7. The van der Waals surface area contributed by atoms with Crippen molar-refractivity contribution in [2.75, 3.05) is 42.9 Å². The first-order chi connectivity index (χ1) is 17.1. The van der Waals surface area contributed by atoms with E-state index in [0.29, 0.717) is 56.7 Å². The third kappa shape index (κ3) is 5.13. The first-order valence-corrected chi connectivity index (χ1v) is 12.6. The third-order valence-corrected chi connectivity index (χ3v) is 7.08. The van der Waals surface area contributed by atoms with Gasteiger partial charge in [-0.1, -0.05) is 24.3 Å².